The SMILES string of the molecule is CCCCSc1nnc2c(n1)O[C@@H](c1ccco1)N(C(C)=O)c1ccccc1-2. The predicted octanol–water partition coefficient (Wildman–Crippen LogP) is 4.47. The molecule has 3 aromatic rings. The monoisotopic (exact) mass is 396 g/mol. The molecule has 2 aromatic heterocycles. The molecule has 0 aliphatic carbocycles. The molecule has 0 spiro atoms. The number of unbranched alkanes of at least 4 members (excludes halogenated alkanes) is 1. The molecule has 28 heavy (non-hydrogen) atoms. The highest BCUT2D eigenvalue weighted by Gasteiger charge is 2.35. The quantitative estimate of drug-likeness (QED) is 0.465. The number of hydrogen-bond acceptors (Lipinski definition) is 7. The van der Waals surface area contributed by atoms with E-state index in [1.165, 1.54) is 6.92 Å². The third kappa shape index (κ3) is 3.47. The number of furan rings is 1. The molecule has 144 valence electrons. The minimum atomic E-state index is -0.778. The van der Waals surface area contributed by atoms with Gasteiger partial charge in [-0.25, -0.2) is 0 Å². The number of thioether (sulfide) groups is 1. The molecule has 0 unspecified atom stereocenters. The number of anilines is 1. The molecule has 7 nitrogen and oxygen atoms in total. The van der Waals surface area contributed by atoms with Crippen molar-refractivity contribution in [3.63, 3.8) is 0 Å². The largest absolute Gasteiger partial charge is 0.463 e. The normalized spacial score (nSPS) is 15.4. The summed E-state index contributed by atoms with van der Waals surface area (Å²) < 4.78 is 11.7. The van der Waals surface area contributed by atoms with Crippen LogP contribution in [-0.2, 0) is 4.79 Å². The Bertz CT molecular complexity index is 977. The van der Waals surface area contributed by atoms with Gasteiger partial charge in [0.15, 0.2) is 11.5 Å². The zero-order valence-electron chi connectivity index (χ0n) is 15.7. The summed E-state index contributed by atoms with van der Waals surface area (Å²) in [5.41, 5.74) is 1.93. The van der Waals surface area contributed by atoms with Gasteiger partial charge in [-0.05, 0) is 24.6 Å². The number of para-hydroxylation sites is 1. The summed E-state index contributed by atoms with van der Waals surface area (Å²) in [5.74, 6) is 1.59. The topological polar surface area (TPSA) is 81.3 Å². The van der Waals surface area contributed by atoms with Gasteiger partial charge in [0.25, 0.3) is 0 Å². The van der Waals surface area contributed by atoms with Gasteiger partial charge < -0.3 is 9.15 Å². The van der Waals surface area contributed by atoms with Gasteiger partial charge >= 0.3 is 0 Å². The Labute approximate surface area is 167 Å². The van der Waals surface area contributed by atoms with Crippen LogP contribution in [0.2, 0.25) is 0 Å². The Balaban J connectivity index is 1.83. The Morgan fingerprint density at radius 3 is 2.82 bits per heavy atom. The molecule has 0 saturated carbocycles. The van der Waals surface area contributed by atoms with Gasteiger partial charge in [-0.3, -0.25) is 9.69 Å². The summed E-state index contributed by atoms with van der Waals surface area (Å²) in [6.07, 6.45) is 2.95. The van der Waals surface area contributed by atoms with E-state index in [1.807, 2.05) is 24.3 Å². The fourth-order valence-corrected chi connectivity index (χ4v) is 3.90. The number of carbonyl (C=O) groups excluding carboxylic acids is 1. The van der Waals surface area contributed by atoms with Crippen molar-refractivity contribution in [2.45, 2.75) is 38.1 Å². The van der Waals surface area contributed by atoms with Crippen molar-refractivity contribution in [1.29, 1.82) is 0 Å². The lowest BCUT2D eigenvalue weighted by atomic mass is 10.1. The Kier molecular flexibility index (Phi) is 5.29. The third-order valence-corrected chi connectivity index (χ3v) is 5.29. The number of nitrogens with zero attached hydrogens (tertiary/aromatic N) is 4. The molecule has 0 fully saturated rings. The minimum Gasteiger partial charge on any atom is -0.463 e. The van der Waals surface area contributed by atoms with E-state index in [9.17, 15) is 4.79 Å². The summed E-state index contributed by atoms with van der Waals surface area (Å²) in [7, 11) is 0. The summed E-state index contributed by atoms with van der Waals surface area (Å²) in [6, 6.07) is 11.0. The maximum atomic E-state index is 12.6. The zero-order chi connectivity index (χ0) is 19.5. The maximum Gasteiger partial charge on any atom is 0.247 e. The second-order valence-corrected chi connectivity index (χ2v) is 7.40. The Hall–Kier alpha value is -2.87. The van der Waals surface area contributed by atoms with Crippen molar-refractivity contribution in [3.8, 4) is 17.1 Å². The molecule has 0 N–H and O–H groups in total. The average Bonchev–Trinajstić information content (AvgIpc) is 3.18. The molecule has 1 atom stereocenters. The Morgan fingerprint density at radius 2 is 2.07 bits per heavy atom. The van der Waals surface area contributed by atoms with E-state index in [0.29, 0.717) is 28.2 Å². The van der Waals surface area contributed by atoms with Crippen LogP contribution in [-0.4, -0.2) is 26.8 Å². The number of amides is 1. The molecule has 0 saturated heterocycles. The highest BCUT2D eigenvalue weighted by molar-refractivity contribution is 7.99. The Morgan fingerprint density at radius 1 is 1.21 bits per heavy atom. The molecule has 1 aliphatic rings. The van der Waals surface area contributed by atoms with Gasteiger partial charge in [0, 0.05) is 18.2 Å². The van der Waals surface area contributed by atoms with Gasteiger partial charge in [0.2, 0.25) is 23.2 Å². The molecule has 4 rings (SSSR count). The summed E-state index contributed by atoms with van der Waals surface area (Å²) >= 11 is 1.54. The van der Waals surface area contributed by atoms with Crippen molar-refractivity contribution < 1.29 is 13.9 Å². The summed E-state index contributed by atoms with van der Waals surface area (Å²) in [4.78, 5) is 18.7. The number of hydrogen-bond donors (Lipinski definition) is 0. The van der Waals surface area contributed by atoms with E-state index in [4.69, 9.17) is 9.15 Å². The van der Waals surface area contributed by atoms with E-state index in [1.54, 1.807) is 35.1 Å². The number of rotatable bonds is 5. The predicted molar refractivity (Wildman–Crippen MR) is 106 cm³/mol. The lowest BCUT2D eigenvalue weighted by Crippen LogP contribution is -2.35. The lowest BCUT2D eigenvalue weighted by Gasteiger charge is -2.28. The first-order valence-electron chi connectivity index (χ1n) is 9.15. The first-order chi connectivity index (χ1) is 13.7. The van der Waals surface area contributed by atoms with Gasteiger partial charge in [-0.15, -0.1) is 10.2 Å². The van der Waals surface area contributed by atoms with Gasteiger partial charge in [-0.1, -0.05) is 43.3 Å². The van der Waals surface area contributed by atoms with Gasteiger partial charge in [0.05, 0.1) is 12.0 Å². The molecule has 0 bridgehead atoms. The van der Waals surface area contributed by atoms with Gasteiger partial charge in [-0.2, -0.15) is 4.98 Å². The van der Waals surface area contributed by atoms with Crippen LogP contribution in [0.3, 0.4) is 0 Å². The van der Waals surface area contributed by atoms with E-state index in [0.717, 1.165) is 24.2 Å². The minimum absolute atomic E-state index is 0.174. The van der Waals surface area contributed by atoms with Crippen LogP contribution in [0.1, 0.15) is 38.7 Å². The van der Waals surface area contributed by atoms with E-state index in [-0.39, 0.29) is 5.91 Å². The van der Waals surface area contributed by atoms with Crippen LogP contribution in [0.25, 0.3) is 11.3 Å². The summed E-state index contributed by atoms with van der Waals surface area (Å²) in [5, 5.41) is 9.19. The second kappa shape index (κ2) is 8.02. The standard InChI is InChI=1S/C20H20N4O3S/c1-3-4-12-28-20-21-18-17(22-23-20)14-8-5-6-9-15(14)24(13(2)25)19(27-18)16-10-7-11-26-16/h5-11,19H,3-4,12H2,1-2H3/t19-/m0/s1. The highest BCUT2D eigenvalue weighted by Crippen LogP contribution is 2.43. The van der Waals surface area contributed by atoms with Crippen LogP contribution in [0, 0.1) is 0 Å². The van der Waals surface area contributed by atoms with Crippen molar-refractivity contribution >= 4 is 23.4 Å². The molecular weight excluding hydrogens is 376 g/mol. The van der Waals surface area contributed by atoms with Crippen molar-refractivity contribution in [2.75, 3.05) is 10.7 Å². The summed E-state index contributed by atoms with van der Waals surface area (Å²) in [6.45, 7) is 3.64. The number of benzene rings is 1. The van der Waals surface area contributed by atoms with Crippen LogP contribution < -0.4 is 9.64 Å². The number of ether oxygens (including phenoxy) is 1. The van der Waals surface area contributed by atoms with Gasteiger partial charge in [0.1, 0.15) is 0 Å². The average molecular weight is 396 g/mol. The third-order valence-electron chi connectivity index (χ3n) is 4.37. The van der Waals surface area contributed by atoms with Crippen LogP contribution >= 0.6 is 11.8 Å². The fourth-order valence-electron chi connectivity index (χ4n) is 3.04. The number of carbonyl (C=O) groups is 1. The number of aromatic nitrogens is 3. The zero-order valence-corrected chi connectivity index (χ0v) is 16.5. The molecule has 0 radical (unpaired) electrons. The maximum absolute atomic E-state index is 12.6. The van der Waals surface area contributed by atoms with E-state index in [2.05, 4.69) is 22.1 Å². The van der Waals surface area contributed by atoms with Crippen LogP contribution in [0.5, 0.6) is 5.88 Å². The van der Waals surface area contributed by atoms with E-state index >= 15 is 0 Å². The molecule has 8 heteroatoms. The lowest BCUT2D eigenvalue weighted by molar-refractivity contribution is -0.118. The van der Waals surface area contributed by atoms with Crippen molar-refractivity contribution in [2.24, 2.45) is 0 Å². The van der Waals surface area contributed by atoms with E-state index < -0.39 is 6.23 Å². The molecule has 3 heterocycles. The fraction of sp³-hybridized carbons (Fsp3) is 0.300. The number of fused-ring (bicyclic) bond motifs is 3. The molecule has 1 aliphatic heterocycles. The van der Waals surface area contributed by atoms with Crippen LogP contribution in [0.4, 0.5) is 5.69 Å². The van der Waals surface area contributed by atoms with Crippen molar-refractivity contribution in [1.82, 2.24) is 15.2 Å². The first kappa shape index (κ1) is 18.5. The van der Waals surface area contributed by atoms with Crippen LogP contribution in [0.15, 0.2) is 52.2 Å². The van der Waals surface area contributed by atoms with Crippen molar-refractivity contribution in [3.05, 3.63) is 48.4 Å². The first-order valence-corrected chi connectivity index (χ1v) is 10.1. The highest BCUT2D eigenvalue weighted by atomic mass is 32.2. The molecule has 1 amide bonds. The molecular formula is C20H20N4O3S. The smallest absolute Gasteiger partial charge is 0.247 e. The second-order valence-electron chi connectivity index (χ2n) is 6.34. The molecule has 1 aromatic carbocycles.